The van der Waals surface area contributed by atoms with Crippen LogP contribution in [0, 0.1) is 11.3 Å². The van der Waals surface area contributed by atoms with Crippen LogP contribution in [-0.4, -0.2) is 41.4 Å². The standard InChI is InChI=1S/C31H44N2O3/c1-31(2,3)33-23-28(36-30(33)26-16-12-10-13-17-26)24-35-29-19-18-25(21-27(29)22-32)15-11-8-6-4-5-7-9-14-20-34/h10,12-13,16-19,21,28,30,34H,4-9,11,14-15,20,23-24H2,1-3H3. The topological polar surface area (TPSA) is 65.7 Å². The van der Waals surface area contributed by atoms with Crippen molar-refractivity contribution >= 4 is 0 Å². The Morgan fingerprint density at radius 3 is 2.28 bits per heavy atom. The van der Waals surface area contributed by atoms with Crippen molar-refractivity contribution < 1.29 is 14.6 Å². The van der Waals surface area contributed by atoms with Crippen molar-refractivity contribution in [3.05, 3.63) is 65.2 Å². The van der Waals surface area contributed by atoms with E-state index in [9.17, 15) is 5.26 Å². The molecular formula is C31H44N2O3. The summed E-state index contributed by atoms with van der Waals surface area (Å²) in [6, 6.07) is 18.7. The van der Waals surface area contributed by atoms with Gasteiger partial charge in [0.25, 0.3) is 0 Å². The van der Waals surface area contributed by atoms with Gasteiger partial charge in [-0.05, 0) is 63.3 Å². The molecule has 1 N–H and O–H groups in total. The first-order valence-corrected chi connectivity index (χ1v) is 13.7. The quantitative estimate of drug-likeness (QED) is 0.294. The third kappa shape index (κ3) is 8.62. The van der Waals surface area contributed by atoms with Gasteiger partial charge in [0.05, 0.1) is 5.56 Å². The number of aliphatic hydroxyl groups is 1. The van der Waals surface area contributed by atoms with Crippen molar-refractivity contribution in [2.45, 2.75) is 96.4 Å². The average Bonchev–Trinajstić information content (AvgIpc) is 3.32. The molecular weight excluding hydrogens is 448 g/mol. The van der Waals surface area contributed by atoms with Gasteiger partial charge in [-0.1, -0.05) is 74.9 Å². The SMILES string of the molecule is CC(C)(C)N1CC(COc2ccc(CCCCCCCCCCO)cc2C#N)OC1c1ccccc1. The summed E-state index contributed by atoms with van der Waals surface area (Å²) < 4.78 is 12.5. The smallest absolute Gasteiger partial charge is 0.137 e. The molecule has 1 aliphatic rings. The van der Waals surface area contributed by atoms with E-state index in [1.807, 2.05) is 30.3 Å². The molecule has 0 amide bonds. The predicted molar refractivity (Wildman–Crippen MR) is 145 cm³/mol. The fraction of sp³-hybridized carbons (Fsp3) is 0.581. The Kier molecular flexibility index (Phi) is 11.3. The molecule has 0 bridgehead atoms. The monoisotopic (exact) mass is 492 g/mol. The summed E-state index contributed by atoms with van der Waals surface area (Å²) in [5.41, 5.74) is 2.91. The van der Waals surface area contributed by atoms with Gasteiger partial charge >= 0.3 is 0 Å². The van der Waals surface area contributed by atoms with E-state index in [0.29, 0.717) is 24.5 Å². The van der Waals surface area contributed by atoms with E-state index < -0.39 is 0 Å². The highest BCUT2D eigenvalue weighted by Gasteiger charge is 2.40. The van der Waals surface area contributed by atoms with Crippen molar-refractivity contribution in [1.29, 1.82) is 5.26 Å². The first-order chi connectivity index (χ1) is 17.4. The van der Waals surface area contributed by atoms with Gasteiger partial charge in [0.15, 0.2) is 0 Å². The number of ether oxygens (including phenoxy) is 2. The summed E-state index contributed by atoms with van der Waals surface area (Å²) >= 11 is 0. The van der Waals surface area contributed by atoms with Gasteiger partial charge < -0.3 is 14.6 Å². The second kappa shape index (κ2) is 14.4. The summed E-state index contributed by atoms with van der Waals surface area (Å²) in [6.07, 6.45) is 10.2. The number of nitrogens with zero attached hydrogens (tertiary/aromatic N) is 2. The van der Waals surface area contributed by atoms with Crippen LogP contribution in [-0.2, 0) is 11.2 Å². The maximum Gasteiger partial charge on any atom is 0.137 e. The largest absolute Gasteiger partial charge is 0.489 e. The van der Waals surface area contributed by atoms with E-state index in [1.54, 1.807) is 0 Å². The fourth-order valence-corrected chi connectivity index (χ4v) is 4.84. The minimum absolute atomic E-state index is 0.0331. The maximum atomic E-state index is 9.72. The van der Waals surface area contributed by atoms with E-state index in [4.69, 9.17) is 14.6 Å². The first-order valence-electron chi connectivity index (χ1n) is 13.7. The Balaban J connectivity index is 1.47. The molecule has 1 saturated heterocycles. The van der Waals surface area contributed by atoms with E-state index in [-0.39, 0.29) is 17.9 Å². The molecule has 0 aromatic heterocycles. The van der Waals surface area contributed by atoms with E-state index in [1.165, 1.54) is 37.7 Å². The zero-order valence-corrected chi connectivity index (χ0v) is 22.4. The van der Waals surface area contributed by atoms with Gasteiger partial charge in [0, 0.05) is 18.7 Å². The molecule has 1 fully saturated rings. The lowest BCUT2D eigenvalue weighted by Crippen LogP contribution is -2.42. The number of unbranched alkanes of at least 4 members (excludes halogenated alkanes) is 7. The highest BCUT2D eigenvalue weighted by Crippen LogP contribution is 2.36. The lowest BCUT2D eigenvalue weighted by Gasteiger charge is -2.35. The molecule has 5 nitrogen and oxygen atoms in total. The number of nitriles is 1. The molecule has 36 heavy (non-hydrogen) atoms. The highest BCUT2D eigenvalue weighted by molar-refractivity contribution is 5.45. The molecule has 2 unspecified atom stereocenters. The number of hydrogen-bond acceptors (Lipinski definition) is 5. The van der Waals surface area contributed by atoms with Gasteiger partial charge in [0.1, 0.15) is 30.8 Å². The van der Waals surface area contributed by atoms with Crippen molar-refractivity contribution in [2.24, 2.45) is 0 Å². The molecule has 5 heteroatoms. The lowest BCUT2D eigenvalue weighted by molar-refractivity contribution is -0.0398. The average molecular weight is 493 g/mol. The molecule has 3 rings (SSSR count). The van der Waals surface area contributed by atoms with Crippen LogP contribution < -0.4 is 4.74 Å². The Labute approximate surface area is 218 Å². The Morgan fingerprint density at radius 1 is 0.972 bits per heavy atom. The third-order valence-corrected chi connectivity index (χ3v) is 6.91. The van der Waals surface area contributed by atoms with Crippen LogP contribution in [0.2, 0.25) is 0 Å². The Morgan fingerprint density at radius 2 is 1.64 bits per heavy atom. The molecule has 2 atom stereocenters. The summed E-state index contributed by atoms with van der Waals surface area (Å²) in [5, 5.41) is 18.6. The van der Waals surface area contributed by atoms with Crippen LogP contribution in [0.1, 0.15) is 95.1 Å². The summed E-state index contributed by atoms with van der Waals surface area (Å²) in [7, 11) is 0. The van der Waals surface area contributed by atoms with Crippen LogP contribution in [0.5, 0.6) is 5.75 Å². The van der Waals surface area contributed by atoms with Crippen LogP contribution in [0.25, 0.3) is 0 Å². The zero-order chi connectivity index (χ0) is 25.8. The van der Waals surface area contributed by atoms with Gasteiger partial charge in [-0.15, -0.1) is 0 Å². The van der Waals surface area contributed by atoms with Gasteiger partial charge in [0.2, 0.25) is 0 Å². The van der Waals surface area contributed by atoms with E-state index in [0.717, 1.165) is 37.8 Å². The molecule has 2 aromatic carbocycles. The highest BCUT2D eigenvalue weighted by atomic mass is 16.6. The third-order valence-electron chi connectivity index (χ3n) is 6.91. The van der Waals surface area contributed by atoms with Crippen LogP contribution >= 0.6 is 0 Å². The van der Waals surface area contributed by atoms with Gasteiger partial charge in [-0.25, -0.2) is 0 Å². The molecule has 0 radical (unpaired) electrons. The van der Waals surface area contributed by atoms with Gasteiger partial charge in [-0.3, -0.25) is 4.90 Å². The maximum absolute atomic E-state index is 9.72. The van der Waals surface area contributed by atoms with Crippen LogP contribution in [0.4, 0.5) is 0 Å². The molecule has 2 aromatic rings. The fourth-order valence-electron chi connectivity index (χ4n) is 4.84. The zero-order valence-electron chi connectivity index (χ0n) is 22.4. The first kappa shape index (κ1) is 28.2. The number of rotatable bonds is 14. The number of hydrogen-bond donors (Lipinski definition) is 1. The molecule has 0 spiro atoms. The van der Waals surface area contributed by atoms with Gasteiger partial charge in [-0.2, -0.15) is 5.26 Å². The minimum Gasteiger partial charge on any atom is -0.489 e. The molecule has 1 heterocycles. The van der Waals surface area contributed by atoms with Crippen molar-refractivity contribution in [2.75, 3.05) is 19.8 Å². The van der Waals surface area contributed by atoms with Crippen molar-refractivity contribution in [1.82, 2.24) is 4.90 Å². The Hall–Kier alpha value is -2.39. The lowest BCUT2D eigenvalue weighted by atomic mass is 10.0. The normalized spacial score (nSPS) is 18.3. The van der Waals surface area contributed by atoms with E-state index in [2.05, 4.69) is 49.9 Å². The van der Waals surface area contributed by atoms with Crippen LogP contribution in [0.3, 0.4) is 0 Å². The predicted octanol–water partition coefficient (Wildman–Crippen LogP) is 6.79. The summed E-state index contributed by atoms with van der Waals surface area (Å²) in [4.78, 5) is 2.37. The number of aliphatic hydroxyl groups excluding tert-OH is 1. The molecule has 0 aliphatic carbocycles. The molecule has 0 saturated carbocycles. The second-order valence-corrected chi connectivity index (χ2v) is 10.9. The summed E-state index contributed by atoms with van der Waals surface area (Å²) in [6.45, 7) is 8.14. The van der Waals surface area contributed by atoms with E-state index >= 15 is 0 Å². The summed E-state index contributed by atoms with van der Waals surface area (Å²) in [5.74, 6) is 0.637. The number of benzene rings is 2. The van der Waals surface area contributed by atoms with Crippen LogP contribution in [0.15, 0.2) is 48.5 Å². The Bertz CT molecular complexity index is 949. The minimum atomic E-state index is -0.0989. The molecule has 1 aliphatic heterocycles. The van der Waals surface area contributed by atoms with Crippen molar-refractivity contribution in [3.8, 4) is 11.8 Å². The molecule has 196 valence electrons. The second-order valence-electron chi connectivity index (χ2n) is 10.9. The number of aryl methyl sites for hydroxylation is 1. The van der Waals surface area contributed by atoms with Crippen molar-refractivity contribution in [3.63, 3.8) is 0 Å².